The van der Waals surface area contributed by atoms with Gasteiger partial charge in [0.1, 0.15) is 23.9 Å². The van der Waals surface area contributed by atoms with E-state index in [1.807, 2.05) is 6.92 Å². The van der Waals surface area contributed by atoms with E-state index in [0.717, 1.165) is 11.1 Å². The minimum absolute atomic E-state index is 0.294. The van der Waals surface area contributed by atoms with Crippen LogP contribution in [0.1, 0.15) is 25.0 Å². The highest BCUT2D eigenvalue weighted by Crippen LogP contribution is 2.23. The monoisotopic (exact) mass is 449 g/mol. The summed E-state index contributed by atoms with van der Waals surface area (Å²) in [6.45, 7) is 4.27. The molecule has 0 aliphatic rings. The molecule has 33 heavy (non-hydrogen) atoms. The Morgan fingerprint density at radius 3 is 2.30 bits per heavy atom. The lowest BCUT2D eigenvalue weighted by Crippen LogP contribution is -2.33. The van der Waals surface area contributed by atoms with Crippen molar-refractivity contribution in [2.45, 2.75) is 20.5 Å². The molecule has 0 atom stereocenters. The van der Waals surface area contributed by atoms with E-state index >= 15 is 0 Å². The molecule has 0 aromatic heterocycles. The van der Waals surface area contributed by atoms with Crippen molar-refractivity contribution < 1.29 is 23.5 Å². The quantitative estimate of drug-likeness (QED) is 0.305. The van der Waals surface area contributed by atoms with Gasteiger partial charge in [0.05, 0.1) is 18.0 Å². The molecular weight excluding hydrogens is 425 g/mol. The van der Waals surface area contributed by atoms with Crippen molar-refractivity contribution in [2.75, 3.05) is 11.9 Å². The number of rotatable bonds is 8. The van der Waals surface area contributed by atoms with Gasteiger partial charge in [-0.25, -0.2) is 9.82 Å². The number of nitrogens with one attached hydrogen (secondary N) is 2. The molecule has 0 bridgehead atoms. The maximum absolute atomic E-state index is 13.0. The van der Waals surface area contributed by atoms with Gasteiger partial charge in [-0.15, -0.1) is 0 Å². The third kappa shape index (κ3) is 6.90. The van der Waals surface area contributed by atoms with Crippen LogP contribution in [0, 0.1) is 5.82 Å². The van der Waals surface area contributed by atoms with Gasteiger partial charge in [-0.1, -0.05) is 24.3 Å². The van der Waals surface area contributed by atoms with Gasteiger partial charge in [0.15, 0.2) is 0 Å². The highest BCUT2D eigenvalue weighted by atomic mass is 19.1. The number of amides is 2. The van der Waals surface area contributed by atoms with Gasteiger partial charge in [-0.05, 0) is 73.5 Å². The van der Waals surface area contributed by atoms with Crippen LogP contribution in [0.25, 0.3) is 0 Å². The van der Waals surface area contributed by atoms with Gasteiger partial charge in [-0.2, -0.15) is 5.10 Å². The summed E-state index contributed by atoms with van der Waals surface area (Å²) in [5.74, 6) is -0.948. The third-order valence-electron chi connectivity index (χ3n) is 4.56. The lowest BCUT2D eigenvalue weighted by atomic mass is 10.1. The molecule has 7 nitrogen and oxygen atoms in total. The molecule has 0 aliphatic heterocycles. The van der Waals surface area contributed by atoms with Crippen molar-refractivity contribution in [1.29, 1.82) is 0 Å². The SMILES string of the molecule is CCOc1ccccc1NC(=O)C(=O)N/N=C(\C)c1ccc(OCc2ccc(F)cc2)cc1. The summed E-state index contributed by atoms with van der Waals surface area (Å²) >= 11 is 0. The summed E-state index contributed by atoms with van der Waals surface area (Å²) in [7, 11) is 0. The largest absolute Gasteiger partial charge is 0.492 e. The maximum Gasteiger partial charge on any atom is 0.329 e. The summed E-state index contributed by atoms with van der Waals surface area (Å²) in [6.07, 6.45) is 0. The predicted octanol–water partition coefficient (Wildman–Crippen LogP) is 4.28. The zero-order chi connectivity index (χ0) is 23.6. The van der Waals surface area contributed by atoms with E-state index in [1.54, 1.807) is 67.6 Å². The number of para-hydroxylation sites is 2. The Hall–Kier alpha value is -4.20. The van der Waals surface area contributed by atoms with Gasteiger partial charge in [0, 0.05) is 0 Å². The molecule has 0 fully saturated rings. The van der Waals surface area contributed by atoms with E-state index in [2.05, 4.69) is 15.8 Å². The van der Waals surface area contributed by atoms with Crippen molar-refractivity contribution in [1.82, 2.24) is 5.43 Å². The Morgan fingerprint density at radius 1 is 0.909 bits per heavy atom. The topological polar surface area (TPSA) is 89.0 Å². The molecule has 2 amide bonds. The molecule has 3 aromatic carbocycles. The lowest BCUT2D eigenvalue weighted by Gasteiger charge is -2.10. The van der Waals surface area contributed by atoms with E-state index in [4.69, 9.17) is 9.47 Å². The smallest absolute Gasteiger partial charge is 0.329 e. The van der Waals surface area contributed by atoms with E-state index in [9.17, 15) is 14.0 Å². The fraction of sp³-hybridized carbons (Fsp3) is 0.160. The van der Waals surface area contributed by atoms with E-state index in [1.165, 1.54) is 12.1 Å². The van der Waals surface area contributed by atoms with Crippen LogP contribution in [-0.4, -0.2) is 24.1 Å². The number of nitrogens with zero attached hydrogens (tertiary/aromatic N) is 1. The van der Waals surface area contributed by atoms with Crippen LogP contribution in [0.5, 0.6) is 11.5 Å². The average molecular weight is 449 g/mol. The second-order valence-corrected chi connectivity index (χ2v) is 6.96. The standard InChI is InChI=1S/C25H24FN3O4/c1-3-32-23-7-5-4-6-22(23)27-24(30)25(31)29-28-17(2)19-10-14-21(15-11-19)33-16-18-8-12-20(26)13-9-18/h4-15H,3,16H2,1-2H3,(H,27,30)(H,29,31)/b28-17+. The molecule has 170 valence electrons. The molecular formula is C25H24FN3O4. The zero-order valence-corrected chi connectivity index (χ0v) is 18.3. The highest BCUT2D eigenvalue weighted by molar-refractivity contribution is 6.39. The van der Waals surface area contributed by atoms with Crippen molar-refractivity contribution >= 4 is 23.2 Å². The minimum Gasteiger partial charge on any atom is -0.492 e. The van der Waals surface area contributed by atoms with Gasteiger partial charge >= 0.3 is 11.8 Å². The summed E-state index contributed by atoms with van der Waals surface area (Å²) < 4.78 is 24.1. The first-order valence-corrected chi connectivity index (χ1v) is 10.3. The molecule has 3 rings (SSSR count). The van der Waals surface area contributed by atoms with Crippen molar-refractivity contribution in [3.05, 3.63) is 89.7 Å². The number of benzene rings is 3. The van der Waals surface area contributed by atoms with Crippen LogP contribution in [-0.2, 0) is 16.2 Å². The molecule has 0 saturated carbocycles. The molecule has 0 aliphatic carbocycles. The summed E-state index contributed by atoms with van der Waals surface area (Å²) in [5.41, 5.74) is 4.75. The van der Waals surface area contributed by atoms with Gasteiger partial charge in [0.2, 0.25) is 0 Å². The Labute approximate surface area is 191 Å². The number of hydrazone groups is 1. The number of halogens is 1. The first kappa shape index (κ1) is 23.5. The molecule has 0 unspecified atom stereocenters. The van der Waals surface area contributed by atoms with Crippen LogP contribution in [0.3, 0.4) is 0 Å². The van der Waals surface area contributed by atoms with Crippen LogP contribution in [0.15, 0.2) is 77.9 Å². The Balaban J connectivity index is 1.53. The molecule has 0 saturated heterocycles. The minimum atomic E-state index is -0.903. The first-order valence-electron chi connectivity index (χ1n) is 10.3. The molecule has 3 aromatic rings. The van der Waals surface area contributed by atoms with Crippen LogP contribution >= 0.6 is 0 Å². The van der Waals surface area contributed by atoms with E-state index in [0.29, 0.717) is 36.1 Å². The summed E-state index contributed by atoms with van der Waals surface area (Å²) in [5, 5.41) is 6.51. The van der Waals surface area contributed by atoms with E-state index < -0.39 is 11.8 Å². The van der Waals surface area contributed by atoms with Crippen molar-refractivity contribution in [3.8, 4) is 11.5 Å². The second kappa shape index (κ2) is 11.4. The molecule has 0 radical (unpaired) electrons. The Kier molecular flexibility index (Phi) is 8.13. The molecule has 0 spiro atoms. The van der Waals surface area contributed by atoms with Gasteiger partial charge in [-0.3, -0.25) is 9.59 Å². The van der Waals surface area contributed by atoms with Crippen molar-refractivity contribution in [2.24, 2.45) is 5.10 Å². The zero-order valence-electron chi connectivity index (χ0n) is 18.3. The normalized spacial score (nSPS) is 10.9. The molecule has 0 heterocycles. The number of hydrogen-bond acceptors (Lipinski definition) is 5. The highest BCUT2D eigenvalue weighted by Gasteiger charge is 2.15. The van der Waals surface area contributed by atoms with Gasteiger partial charge in [0.25, 0.3) is 0 Å². The lowest BCUT2D eigenvalue weighted by molar-refractivity contribution is -0.136. The number of anilines is 1. The van der Waals surface area contributed by atoms with Crippen LogP contribution in [0.2, 0.25) is 0 Å². The van der Waals surface area contributed by atoms with E-state index in [-0.39, 0.29) is 5.82 Å². The Morgan fingerprint density at radius 2 is 1.61 bits per heavy atom. The average Bonchev–Trinajstić information content (AvgIpc) is 2.83. The number of ether oxygens (including phenoxy) is 2. The van der Waals surface area contributed by atoms with Crippen molar-refractivity contribution in [3.63, 3.8) is 0 Å². The van der Waals surface area contributed by atoms with Gasteiger partial charge < -0.3 is 14.8 Å². The summed E-state index contributed by atoms with van der Waals surface area (Å²) in [4.78, 5) is 24.3. The molecule has 8 heteroatoms. The predicted molar refractivity (Wildman–Crippen MR) is 124 cm³/mol. The maximum atomic E-state index is 13.0. The second-order valence-electron chi connectivity index (χ2n) is 6.96. The number of carbonyl (C=O) groups is 2. The van der Waals surface area contributed by atoms with Crippen LogP contribution < -0.4 is 20.2 Å². The fourth-order valence-electron chi connectivity index (χ4n) is 2.82. The number of carbonyl (C=O) groups excluding carboxylic acids is 2. The Bertz CT molecular complexity index is 1130. The third-order valence-corrected chi connectivity index (χ3v) is 4.56. The first-order chi connectivity index (χ1) is 16.0. The fourth-order valence-corrected chi connectivity index (χ4v) is 2.82. The number of hydrogen-bond donors (Lipinski definition) is 2. The van der Waals surface area contributed by atoms with Crippen LogP contribution in [0.4, 0.5) is 10.1 Å². The molecule has 2 N–H and O–H groups in total. The summed E-state index contributed by atoms with van der Waals surface area (Å²) in [6, 6.07) is 20.0.